The first-order valence-electron chi connectivity index (χ1n) is 7.36. The van der Waals surface area contributed by atoms with Gasteiger partial charge in [-0.05, 0) is 67.4 Å². The molecule has 2 unspecified atom stereocenters. The second-order valence-electron chi connectivity index (χ2n) is 7.07. The van der Waals surface area contributed by atoms with Crippen LogP contribution in [0.1, 0.15) is 52.9 Å². The van der Waals surface area contributed by atoms with Crippen LogP contribution in [0.5, 0.6) is 0 Å². The van der Waals surface area contributed by atoms with Crippen LogP contribution in [0.25, 0.3) is 0 Å². The minimum atomic E-state index is 0.553. The smallest absolute Gasteiger partial charge is 0.00748 e. The van der Waals surface area contributed by atoms with Gasteiger partial charge in [0.1, 0.15) is 0 Å². The molecular formula is C15H29NS. The Labute approximate surface area is 112 Å². The van der Waals surface area contributed by atoms with Crippen LogP contribution in [0.2, 0.25) is 0 Å². The second-order valence-corrected chi connectivity index (χ2v) is 8.30. The van der Waals surface area contributed by atoms with E-state index in [-0.39, 0.29) is 0 Å². The van der Waals surface area contributed by atoms with E-state index in [0.29, 0.717) is 5.41 Å². The Kier molecular flexibility index (Phi) is 4.82. The predicted molar refractivity (Wildman–Crippen MR) is 78.6 cm³/mol. The fourth-order valence-electron chi connectivity index (χ4n) is 3.79. The number of thioether (sulfide) groups is 1. The van der Waals surface area contributed by atoms with Gasteiger partial charge in [0.15, 0.2) is 0 Å². The molecule has 1 N–H and O–H groups in total. The molecule has 0 spiro atoms. The summed E-state index contributed by atoms with van der Waals surface area (Å²) in [5.74, 6) is 4.63. The molecule has 0 aromatic rings. The number of rotatable bonds is 3. The van der Waals surface area contributed by atoms with Crippen molar-refractivity contribution in [3.63, 3.8) is 0 Å². The molecule has 1 nitrogen and oxygen atoms in total. The third-order valence-electron chi connectivity index (χ3n) is 4.42. The van der Waals surface area contributed by atoms with Crippen LogP contribution in [0.4, 0.5) is 0 Å². The molecule has 0 aromatic heterocycles. The Morgan fingerprint density at radius 2 is 1.88 bits per heavy atom. The van der Waals surface area contributed by atoms with Crippen molar-refractivity contribution < 1.29 is 0 Å². The van der Waals surface area contributed by atoms with Crippen LogP contribution < -0.4 is 5.32 Å². The van der Waals surface area contributed by atoms with Crippen molar-refractivity contribution in [3.8, 4) is 0 Å². The molecular weight excluding hydrogens is 226 g/mol. The Hall–Kier alpha value is 0.310. The van der Waals surface area contributed by atoms with Crippen LogP contribution in [0, 0.1) is 17.3 Å². The molecule has 0 bridgehead atoms. The number of hydrogen-bond donors (Lipinski definition) is 1. The summed E-state index contributed by atoms with van der Waals surface area (Å²) in [5.41, 5.74) is 0.553. The quantitative estimate of drug-likeness (QED) is 0.820. The minimum Gasteiger partial charge on any atom is -0.314 e. The molecule has 1 saturated heterocycles. The van der Waals surface area contributed by atoms with E-state index in [1.165, 1.54) is 50.2 Å². The molecule has 1 aliphatic carbocycles. The van der Waals surface area contributed by atoms with Crippen molar-refractivity contribution in [1.29, 1.82) is 0 Å². The maximum absolute atomic E-state index is 3.87. The van der Waals surface area contributed by atoms with E-state index in [0.717, 1.165) is 17.9 Å². The molecule has 2 atom stereocenters. The second kappa shape index (κ2) is 5.97. The fourth-order valence-corrected chi connectivity index (χ4v) is 4.99. The zero-order chi connectivity index (χ0) is 12.3. The van der Waals surface area contributed by atoms with Gasteiger partial charge in [-0.2, -0.15) is 11.8 Å². The van der Waals surface area contributed by atoms with Crippen LogP contribution >= 0.6 is 11.8 Å². The van der Waals surface area contributed by atoms with Gasteiger partial charge in [0.2, 0.25) is 0 Å². The summed E-state index contributed by atoms with van der Waals surface area (Å²) < 4.78 is 0. The molecule has 1 heterocycles. The minimum absolute atomic E-state index is 0.553. The van der Waals surface area contributed by atoms with Crippen molar-refractivity contribution in [2.24, 2.45) is 17.3 Å². The van der Waals surface area contributed by atoms with Gasteiger partial charge in [0, 0.05) is 6.04 Å². The maximum atomic E-state index is 3.87. The molecule has 1 saturated carbocycles. The largest absolute Gasteiger partial charge is 0.314 e. The van der Waals surface area contributed by atoms with Crippen molar-refractivity contribution in [2.45, 2.75) is 58.9 Å². The van der Waals surface area contributed by atoms with Crippen molar-refractivity contribution in [3.05, 3.63) is 0 Å². The summed E-state index contributed by atoms with van der Waals surface area (Å²) in [7, 11) is 0. The molecule has 1 aliphatic heterocycles. The van der Waals surface area contributed by atoms with Gasteiger partial charge in [-0.3, -0.25) is 0 Å². The lowest BCUT2D eigenvalue weighted by atomic mass is 9.70. The summed E-state index contributed by atoms with van der Waals surface area (Å²) >= 11 is 2.13. The van der Waals surface area contributed by atoms with Gasteiger partial charge in [0.05, 0.1) is 0 Å². The third kappa shape index (κ3) is 4.48. The monoisotopic (exact) mass is 255 g/mol. The summed E-state index contributed by atoms with van der Waals surface area (Å²) in [5, 5.41) is 3.87. The Morgan fingerprint density at radius 3 is 2.53 bits per heavy atom. The van der Waals surface area contributed by atoms with E-state index < -0.39 is 0 Å². The molecule has 2 aliphatic rings. The summed E-state index contributed by atoms with van der Waals surface area (Å²) in [4.78, 5) is 0. The number of hydrogen-bond acceptors (Lipinski definition) is 2. The van der Waals surface area contributed by atoms with Gasteiger partial charge in [-0.1, -0.05) is 20.8 Å². The number of nitrogens with one attached hydrogen (secondary N) is 1. The molecule has 100 valence electrons. The van der Waals surface area contributed by atoms with Crippen LogP contribution in [-0.4, -0.2) is 24.1 Å². The van der Waals surface area contributed by atoms with E-state index >= 15 is 0 Å². The van der Waals surface area contributed by atoms with E-state index in [9.17, 15) is 0 Å². The van der Waals surface area contributed by atoms with Gasteiger partial charge in [-0.25, -0.2) is 0 Å². The van der Waals surface area contributed by atoms with E-state index in [1.807, 2.05) is 0 Å². The van der Waals surface area contributed by atoms with Gasteiger partial charge in [-0.15, -0.1) is 0 Å². The summed E-state index contributed by atoms with van der Waals surface area (Å²) in [6.07, 6.45) is 7.04. The highest BCUT2D eigenvalue weighted by Crippen LogP contribution is 2.38. The van der Waals surface area contributed by atoms with Gasteiger partial charge in [0.25, 0.3) is 0 Å². The highest BCUT2D eigenvalue weighted by atomic mass is 32.2. The van der Waals surface area contributed by atoms with Crippen LogP contribution in [0.3, 0.4) is 0 Å². The molecule has 2 heteroatoms. The normalized spacial score (nSPS) is 34.8. The topological polar surface area (TPSA) is 12.0 Å². The Morgan fingerprint density at radius 1 is 1.18 bits per heavy atom. The average Bonchev–Trinajstić information content (AvgIpc) is 2.25. The summed E-state index contributed by atoms with van der Waals surface area (Å²) in [6, 6.07) is 0.781. The molecule has 2 rings (SSSR count). The zero-order valence-electron chi connectivity index (χ0n) is 11.8. The van der Waals surface area contributed by atoms with Crippen molar-refractivity contribution in [1.82, 2.24) is 5.32 Å². The lowest BCUT2D eigenvalue weighted by Gasteiger charge is -2.40. The molecule has 0 amide bonds. The molecule has 17 heavy (non-hydrogen) atoms. The van der Waals surface area contributed by atoms with E-state index in [4.69, 9.17) is 0 Å². The lowest BCUT2D eigenvalue weighted by Crippen LogP contribution is -2.42. The van der Waals surface area contributed by atoms with Crippen LogP contribution in [-0.2, 0) is 0 Å². The first kappa shape index (κ1) is 13.7. The highest BCUT2D eigenvalue weighted by molar-refractivity contribution is 7.99. The van der Waals surface area contributed by atoms with Crippen LogP contribution in [0.15, 0.2) is 0 Å². The first-order chi connectivity index (χ1) is 8.05. The Bertz CT molecular complexity index is 233. The predicted octanol–water partition coefficient (Wildman–Crippen LogP) is 3.93. The highest BCUT2D eigenvalue weighted by Gasteiger charge is 2.31. The summed E-state index contributed by atoms with van der Waals surface area (Å²) in [6.45, 7) is 8.57. The standard InChI is InChI=1S/C15H29NS/c1-12-8-14(10-15(2,3)9-12)16-11-13-4-6-17-7-5-13/h12-14,16H,4-11H2,1-3H3. The van der Waals surface area contributed by atoms with Gasteiger partial charge < -0.3 is 5.32 Å². The zero-order valence-corrected chi connectivity index (χ0v) is 12.6. The molecule has 2 fully saturated rings. The average molecular weight is 255 g/mol. The first-order valence-corrected chi connectivity index (χ1v) is 8.52. The maximum Gasteiger partial charge on any atom is 0.00748 e. The van der Waals surface area contributed by atoms with Crippen molar-refractivity contribution >= 4 is 11.8 Å². The molecule has 0 aromatic carbocycles. The Balaban J connectivity index is 1.74. The van der Waals surface area contributed by atoms with E-state index in [2.05, 4.69) is 37.8 Å². The SMILES string of the molecule is CC1CC(NCC2CCSCC2)CC(C)(C)C1. The van der Waals surface area contributed by atoms with Crippen molar-refractivity contribution in [2.75, 3.05) is 18.1 Å². The fraction of sp³-hybridized carbons (Fsp3) is 1.00. The molecule has 0 radical (unpaired) electrons. The lowest BCUT2D eigenvalue weighted by molar-refractivity contribution is 0.148. The third-order valence-corrected chi connectivity index (χ3v) is 5.47. The van der Waals surface area contributed by atoms with E-state index in [1.54, 1.807) is 0 Å². The van der Waals surface area contributed by atoms with Gasteiger partial charge >= 0.3 is 0 Å².